The van der Waals surface area contributed by atoms with E-state index in [0.717, 1.165) is 5.56 Å². The number of anilines is 1. The molecule has 26 heavy (non-hydrogen) atoms. The van der Waals surface area contributed by atoms with Crippen LogP contribution < -0.4 is 15.4 Å². The van der Waals surface area contributed by atoms with Crippen molar-refractivity contribution in [2.45, 2.75) is 25.9 Å². The number of nitrogens with one attached hydrogen (secondary N) is 1. The Kier molecular flexibility index (Phi) is 6.54. The number of hydrogen-bond donors (Lipinski definition) is 2. The Hall–Kier alpha value is -2.64. The van der Waals surface area contributed by atoms with Gasteiger partial charge in [0.05, 0.1) is 23.8 Å². The number of nitrogens with zero attached hydrogens (tertiary/aromatic N) is 1. The lowest BCUT2D eigenvalue weighted by Gasteiger charge is -2.17. The van der Waals surface area contributed by atoms with Gasteiger partial charge in [-0.3, -0.25) is 14.9 Å². The Bertz CT molecular complexity index is 796. The van der Waals surface area contributed by atoms with E-state index in [-0.39, 0.29) is 29.4 Å². The summed E-state index contributed by atoms with van der Waals surface area (Å²) in [6.45, 7) is 3.79. The average molecular weight is 379 g/mol. The Morgan fingerprint density at radius 2 is 1.88 bits per heavy atom. The molecule has 8 heteroatoms. The molecule has 7 nitrogen and oxygen atoms in total. The maximum atomic E-state index is 12.5. The van der Waals surface area contributed by atoms with Crippen molar-refractivity contribution in [3.8, 4) is 5.75 Å². The van der Waals surface area contributed by atoms with Gasteiger partial charge in [0, 0.05) is 16.7 Å². The first kappa shape index (κ1) is 19.7. The van der Waals surface area contributed by atoms with E-state index in [4.69, 9.17) is 16.3 Å². The molecule has 2 rings (SSSR count). The van der Waals surface area contributed by atoms with Crippen molar-refractivity contribution in [2.24, 2.45) is 0 Å². The van der Waals surface area contributed by atoms with Gasteiger partial charge in [0.15, 0.2) is 6.04 Å². The first-order chi connectivity index (χ1) is 12.3. The van der Waals surface area contributed by atoms with Crippen LogP contribution in [0.1, 0.15) is 25.5 Å². The van der Waals surface area contributed by atoms with Crippen LogP contribution in [0.25, 0.3) is 0 Å². The molecule has 0 radical (unpaired) electrons. The van der Waals surface area contributed by atoms with Gasteiger partial charge in [-0.1, -0.05) is 23.7 Å². The van der Waals surface area contributed by atoms with Crippen molar-refractivity contribution >= 4 is 28.9 Å². The molecule has 138 valence electrons. The highest BCUT2D eigenvalue weighted by Gasteiger charge is 2.22. The van der Waals surface area contributed by atoms with Crippen molar-refractivity contribution in [3.63, 3.8) is 0 Å². The largest absolute Gasteiger partial charge is 0.494 e. The van der Waals surface area contributed by atoms with Gasteiger partial charge in [0.1, 0.15) is 11.8 Å². The lowest BCUT2D eigenvalue weighted by molar-refractivity contribution is -0.709. The van der Waals surface area contributed by atoms with Crippen LogP contribution in [-0.4, -0.2) is 24.0 Å². The maximum Gasteiger partial charge on any atom is 0.282 e. The molecule has 0 spiro atoms. The van der Waals surface area contributed by atoms with Crippen LogP contribution in [0.4, 0.5) is 11.4 Å². The van der Waals surface area contributed by atoms with E-state index in [9.17, 15) is 14.9 Å². The van der Waals surface area contributed by atoms with E-state index < -0.39 is 4.92 Å². The number of ether oxygens (including phenoxy) is 1. The predicted molar refractivity (Wildman–Crippen MR) is 99.5 cm³/mol. The Morgan fingerprint density at radius 1 is 1.23 bits per heavy atom. The highest BCUT2D eigenvalue weighted by molar-refractivity contribution is 6.30. The predicted octanol–water partition coefficient (Wildman–Crippen LogP) is 2.91. The van der Waals surface area contributed by atoms with Gasteiger partial charge in [-0.2, -0.15) is 0 Å². The van der Waals surface area contributed by atoms with Crippen molar-refractivity contribution < 1.29 is 19.8 Å². The van der Waals surface area contributed by atoms with Crippen LogP contribution in [0.5, 0.6) is 5.75 Å². The minimum absolute atomic E-state index is 0.0618. The average Bonchev–Trinajstić information content (AvgIpc) is 2.62. The fourth-order valence-corrected chi connectivity index (χ4v) is 2.67. The lowest BCUT2D eigenvalue weighted by Crippen LogP contribution is -2.91. The van der Waals surface area contributed by atoms with Gasteiger partial charge in [0.25, 0.3) is 11.6 Å². The number of halogens is 1. The van der Waals surface area contributed by atoms with E-state index in [2.05, 4.69) is 5.32 Å². The number of nitro groups is 1. The molecular formula is C18H21ClN3O4+. The highest BCUT2D eigenvalue weighted by Crippen LogP contribution is 2.29. The van der Waals surface area contributed by atoms with E-state index in [1.165, 1.54) is 25.3 Å². The number of carbonyl (C=O) groups excluding carboxylic acids is 1. The minimum Gasteiger partial charge on any atom is -0.494 e. The number of methoxy groups -OCH3 is 1. The second kappa shape index (κ2) is 8.64. The molecule has 2 aromatic carbocycles. The number of amides is 1. The monoisotopic (exact) mass is 378 g/mol. The van der Waals surface area contributed by atoms with Crippen molar-refractivity contribution in [2.75, 3.05) is 12.4 Å². The van der Waals surface area contributed by atoms with Gasteiger partial charge in [0.2, 0.25) is 0 Å². The number of rotatable bonds is 7. The summed E-state index contributed by atoms with van der Waals surface area (Å²) in [6.07, 6.45) is 0. The Balaban J connectivity index is 2.04. The molecule has 0 unspecified atom stereocenters. The first-order valence-corrected chi connectivity index (χ1v) is 8.43. The zero-order valence-corrected chi connectivity index (χ0v) is 15.5. The fourth-order valence-electron chi connectivity index (χ4n) is 2.54. The van der Waals surface area contributed by atoms with Crippen molar-refractivity contribution in [1.82, 2.24) is 0 Å². The number of nitrogens with two attached hydrogens (primary N) is 1. The molecule has 1 amide bonds. The molecule has 0 aliphatic rings. The highest BCUT2D eigenvalue weighted by atomic mass is 35.5. The number of hydrogen-bond acceptors (Lipinski definition) is 4. The van der Waals surface area contributed by atoms with Gasteiger partial charge < -0.3 is 15.4 Å². The second-order valence-electron chi connectivity index (χ2n) is 5.95. The third kappa shape index (κ3) is 4.93. The maximum absolute atomic E-state index is 12.5. The lowest BCUT2D eigenvalue weighted by atomic mass is 10.1. The van der Waals surface area contributed by atoms with Crippen LogP contribution in [0, 0.1) is 10.1 Å². The first-order valence-electron chi connectivity index (χ1n) is 8.05. The molecule has 2 atom stereocenters. The summed E-state index contributed by atoms with van der Waals surface area (Å²) in [7, 11) is 1.40. The summed E-state index contributed by atoms with van der Waals surface area (Å²) >= 11 is 5.89. The standard InChI is InChI=1S/C18H20ClN3O4/c1-11(13-4-6-14(19)7-5-13)20-12(2)18(23)21-16-9-8-15(22(24)25)10-17(16)26-3/h4-12,20H,1-3H3,(H,21,23)/p+1/t11-,12+/m0/s1. The summed E-state index contributed by atoms with van der Waals surface area (Å²) in [5, 5.41) is 16.2. The third-order valence-electron chi connectivity index (χ3n) is 4.04. The fraction of sp³-hybridized carbons (Fsp3) is 0.278. The number of benzene rings is 2. The smallest absolute Gasteiger partial charge is 0.282 e. The molecule has 2 aromatic rings. The van der Waals surface area contributed by atoms with Crippen molar-refractivity contribution in [3.05, 3.63) is 63.2 Å². The SMILES string of the molecule is COc1cc([N+](=O)[O-])ccc1NC(=O)[C@@H](C)[NH2+][C@@H](C)c1ccc(Cl)cc1. The molecule has 3 N–H and O–H groups in total. The van der Waals surface area contributed by atoms with E-state index in [1.807, 2.05) is 36.5 Å². The Morgan fingerprint density at radius 3 is 2.46 bits per heavy atom. The zero-order chi connectivity index (χ0) is 19.3. The molecule has 0 fully saturated rings. The molecule has 0 bridgehead atoms. The van der Waals surface area contributed by atoms with Crippen LogP contribution in [0.3, 0.4) is 0 Å². The van der Waals surface area contributed by atoms with Gasteiger partial charge in [-0.05, 0) is 32.0 Å². The third-order valence-corrected chi connectivity index (χ3v) is 4.29. The van der Waals surface area contributed by atoms with Gasteiger partial charge >= 0.3 is 0 Å². The molecule has 0 saturated heterocycles. The number of nitro benzene ring substituents is 1. The quantitative estimate of drug-likeness (QED) is 0.571. The topological polar surface area (TPSA) is 98.1 Å². The summed E-state index contributed by atoms with van der Waals surface area (Å²) in [6, 6.07) is 11.2. The molecule has 0 heterocycles. The summed E-state index contributed by atoms with van der Waals surface area (Å²) in [5.74, 6) is 0.0171. The molecule has 0 aliphatic carbocycles. The van der Waals surface area contributed by atoms with Crippen LogP contribution in [0.15, 0.2) is 42.5 Å². The van der Waals surface area contributed by atoms with Crippen molar-refractivity contribution in [1.29, 1.82) is 0 Å². The van der Waals surface area contributed by atoms with Crippen LogP contribution in [-0.2, 0) is 4.79 Å². The van der Waals surface area contributed by atoms with E-state index in [0.29, 0.717) is 10.7 Å². The summed E-state index contributed by atoms with van der Waals surface area (Å²) in [4.78, 5) is 22.8. The summed E-state index contributed by atoms with van der Waals surface area (Å²) in [5.41, 5.74) is 1.35. The van der Waals surface area contributed by atoms with Crippen LogP contribution >= 0.6 is 11.6 Å². The van der Waals surface area contributed by atoms with E-state index >= 15 is 0 Å². The molecule has 0 saturated carbocycles. The van der Waals surface area contributed by atoms with E-state index in [1.54, 1.807) is 6.92 Å². The van der Waals surface area contributed by atoms with Gasteiger partial charge in [-0.15, -0.1) is 0 Å². The second-order valence-corrected chi connectivity index (χ2v) is 6.39. The number of carbonyl (C=O) groups is 1. The zero-order valence-electron chi connectivity index (χ0n) is 14.7. The molecule has 0 aromatic heterocycles. The van der Waals surface area contributed by atoms with Crippen LogP contribution in [0.2, 0.25) is 5.02 Å². The Labute approximate surface area is 156 Å². The minimum atomic E-state index is -0.516. The summed E-state index contributed by atoms with van der Waals surface area (Å²) < 4.78 is 5.14. The van der Waals surface area contributed by atoms with Gasteiger partial charge in [-0.25, -0.2) is 0 Å². The molecule has 0 aliphatic heterocycles. The molecular weight excluding hydrogens is 358 g/mol. The normalized spacial score (nSPS) is 12.9. The number of non-ortho nitro benzene ring substituents is 1. The number of quaternary nitrogens is 1.